The zero-order chi connectivity index (χ0) is 18.1. The minimum absolute atomic E-state index is 0.0357. The normalized spacial score (nSPS) is 22.8. The number of hydrogen-bond donors (Lipinski definition) is 0. The fourth-order valence-corrected chi connectivity index (χ4v) is 3.79. The summed E-state index contributed by atoms with van der Waals surface area (Å²) < 4.78 is 5.43. The van der Waals surface area contributed by atoms with Gasteiger partial charge in [-0.25, -0.2) is 4.79 Å². The summed E-state index contributed by atoms with van der Waals surface area (Å²) in [6.07, 6.45) is -0.269. The van der Waals surface area contributed by atoms with E-state index in [4.69, 9.17) is 4.74 Å². The van der Waals surface area contributed by atoms with Crippen LogP contribution in [0.4, 0.5) is 0 Å². The minimum atomic E-state index is -0.471. The molecule has 0 aliphatic carbocycles. The summed E-state index contributed by atoms with van der Waals surface area (Å²) >= 11 is 0. The van der Waals surface area contributed by atoms with Gasteiger partial charge in [-0.15, -0.1) is 0 Å². The van der Waals surface area contributed by atoms with Crippen LogP contribution >= 0.6 is 0 Å². The van der Waals surface area contributed by atoms with Crippen molar-refractivity contribution in [1.29, 1.82) is 0 Å². The molecule has 26 heavy (non-hydrogen) atoms. The van der Waals surface area contributed by atoms with Gasteiger partial charge in [0.15, 0.2) is 0 Å². The Balaban J connectivity index is 1.46. The lowest BCUT2D eigenvalue weighted by molar-refractivity contribution is -0.136. The SMILES string of the molecule is CN1CCN(C(=O)CC2OC(=O)c3ccccc32)CC1c1ccccc1. The van der Waals surface area contributed by atoms with Crippen LogP contribution in [0.1, 0.15) is 40.1 Å². The Bertz CT molecular complexity index is 821. The third kappa shape index (κ3) is 3.10. The number of hydrogen-bond acceptors (Lipinski definition) is 4. The standard InChI is InChI=1S/C21H22N2O3/c1-22-11-12-23(14-18(22)15-7-3-2-4-8-15)20(24)13-19-16-9-5-6-10-17(16)21(25)26-19/h2-10,18-19H,11-14H2,1H3. The van der Waals surface area contributed by atoms with Gasteiger partial charge in [-0.3, -0.25) is 9.69 Å². The first-order valence-corrected chi connectivity index (χ1v) is 8.96. The van der Waals surface area contributed by atoms with Gasteiger partial charge in [0, 0.05) is 25.2 Å². The molecule has 0 N–H and O–H groups in total. The van der Waals surface area contributed by atoms with Gasteiger partial charge < -0.3 is 9.64 Å². The molecular weight excluding hydrogens is 328 g/mol. The summed E-state index contributed by atoms with van der Waals surface area (Å²) in [5.41, 5.74) is 2.61. The zero-order valence-corrected chi connectivity index (χ0v) is 14.8. The molecule has 1 amide bonds. The third-order valence-corrected chi connectivity index (χ3v) is 5.32. The molecule has 2 aliphatic heterocycles. The van der Waals surface area contributed by atoms with Gasteiger partial charge in [-0.2, -0.15) is 0 Å². The molecule has 0 aromatic heterocycles. The molecule has 2 aromatic carbocycles. The van der Waals surface area contributed by atoms with E-state index in [1.54, 1.807) is 6.07 Å². The van der Waals surface area contributed by atoms with Gasteiger partial charge >= 0.3 is 5.97 Å². The molecule has 1 saturated heterocycles. The van der Waals surface area contributed by atoms with E-state index in [2.05, 4.69) is 24.1 Å². The molecule has 5 heteroatoms. The molecule has 0 radical (unpaired) electrons. The molecule has 2 heterocycles. The van der Waals surface area contributed by atoms with Gasteiger partial charge in [-0.05, 0) is 18.7 Å². The molecule has 4 rings (SSSR count). The zero-order valence-electron chi connectivity index (χ0n) is 14.8. The smallest absolute Gasteiger partial charge is 0.339 e. The number of amides is 1. The summed E-state index contributed by atoms with van der Waals surface area (Å²) in [6.45, 7) is 2.18. The Morgan fingerprint density at radius 3 is 2.62 bits per heavy atom. The molecule has 0 bridgehead atoms. The largest absolute Gasteiger partial charge is 0.453 e. The van der Waals surface area contributed by atoms with Crippen LogP contribution in [0.3, 0.4) is 0 Å². The average molecular weight is 350 g/mol. The van der Waals surface area contributed by atoms with Crippen LogP contribution in [0, 0.1) is 0 Å². The highest BCUT2D eigenvalue weighted by Gasteiger charge is 2.35. The van der Waals surface area contributed by atoms with E-state index in [9.17, 15) is 9.59 Å². The maximum absolute atomic E-state index is 12.9. The summed E-state index contributed by atoms with van der Waals surface area (Å²) in [7, 11) is 2.09. The van der Waals surface area contributed by atoms with Crippen molar-refractivity contribution in [3.63, 3.8) is 0 Å². The predicted molar refractivity (Wildman–Crippen MR) is 97.6 cm³/mol. The molecule has 1 fully saturated rings. The van der Waals surface area contributed by atoms with Crippen LogP contribution in [0.25, 0.3) is 0 Å². The van der Waals surface area contributed by atoms with Gasteiger partial charge in [0.2, 0.25) is 5.91 Å². The first-order chi connectivity index (χ1) is 12.6. The van der Waals surface area contributed by atoms with Gasteiger partial charge in [0.25, 0.3) is 0 Å². The van der Waals surface area contributed by atoms with E-state index in [0.29, 0.717) is 18.7 Å². The number of fused-ring (bicyclic) bond motifs is 1. The molecule has 2 unspecified atom stereocenters. The van der Waals surface area contributed by atoms with Crippen molar-refractivity contribution in [2.75, 3.05) is 26.7 Å². The van der Waals surface area contributed by atoms with Crippen molar-refractivity contribution in [2.45, 2.75) is 18.6 Å². The number of cyclic esters (lactones) is 1. The maximum Gasteiger partial charge on any atom is 0.339 e. The lowest BCUT2D eigenvalue weighted by Crippen LogP contribution is -2.49. The van der Waals surface area contributed by atoms with E-state index in [0.717, 1.165) is 12.1 Å². The van der Waals surface area contributed by atoms with Crippen molar-refractivity contribution < 1.29 is 14.3 Å². The Morgan fingerprint density at radius 2 is 1.81 bits per heavy atom. The number of benzene rings is 2. The first kappa shape index (κ1) is 16.8. The number of carbonyl (C=O) groups excluding carboxylic acids is 2. The highest BCUT2D eigenvalue weighted by atomic mass is 16.5. The Kier molecular flexibility index (Phi) is 4.47. The quantitative estimate of drug-likeness (QED) is 0.799. The topological polar surface area (TPSA) is 49.9 Å². The van der Waals surface area contributed by atoms with Crippen molar-refractivity contribution >= 4 is 11.9 Å². The molecule has 0 saturated carbocycles. The molecule has 0 spiro atoms. The molecule has 2 aromatic rings. The fourth-order valence-electron chi connectivity index (χ4n) is 3.79. The molecular formula is C21H22N2O3. The predicted octanol–water partition coefficient (Wildman–Crippen LogP) is 2.80. The van der Waals surface area contributed by atoms with Crippen LogP contribution in [0.15, 0.2) is 54.6 Å². The van der Waals surface area contributed by atoms with Crippen molar-refractivity contribution in [2.24, 2.45) is 0 Å². The van der Waals surface area contributed by atoms with E-state index in [1.807, 2.05) is 41.3 Å². The van der Waals surface area contributed by atoms with E-state index >= 15 is 0 Å². The van der Waals surface area contributed by atoms with Crippen molar-refractivity contribution in [3.05, 3.63) is 71.3 Å². The number of esters is 1. The monoisotopic (exact) mass is 350 g/mol. The van der Waals surface area contributed by atoms with E-state index < -0.39 is 6.10 Å². The summed E-state index contributed by atoms with van der Waals surface area (Å²) in [4.78, 5) is 29.0. The molecule has 2 atom stereocenters. The summed E-state index contributed by atoms with van der Waals surface area (Å²) in [6, 6.07) is 17.8. The van der Waals surface area contributed by atoms with Crippen LogP contribution in [0.2, 0.25) is 0 Å². The maximum atomic E-state index is 12.9. The van der Waals surface area contributed by atoms with Crippen LogP contribution in [0.5, 0.6) is 0 Å². The second-order valence-corrected chi connectivity index (χ2v) is 6.93. The Morgan fingerprint density at radius 1 is 1.08 bits per heavy atom. The first-order valence-electron chi connectivity index (χ1n) is 8.96. The Labute approximate surface area is 153 Å². The van der Waals surface area contributed by atoms with Gasteiger partial charge in [-0.1, -0.05) is 48.5 Å². The number of likely N-dealkylation sites (N-methyl/N-ethyl adjacent to an activating group) is 1. The number of rotatable bonds is 3. The Hall–Kier alpha value is -2.66. The number of carbonyl (C=O) groups is 2. The number of nitrogens with zero attached hydrogens (tertiary/aromatic N) is 2. The third-order valence-electron chi connectivity index (χ3n) is 5.32. The van der Waals surface area contributed by atoms with E-state index in [1.165, 1.54) is 5.56 Å². The number of ether oxygens (including phenoxy) is 1. The van der Waals surface area contributed by atoms with E-state index in [-0.39, 0.29) is 24.3 Å². The lowest BCUT2D eigenvalue weighted by atomic mass is 10.0. The van der Waals surface area contributed by atoms with Gasteiger partial charge in [0.05, 0.1) is 18.0 Å². The highest BCUT2D eigenvalue weighted by molar-refractivity contribution is 5.94. The fraction of sp³-hybridized carbons (Fsp3) is 0.333. The second-order valence-electron chi connectivity index (χ2n) is 6.93. The highest BCUT2D eigenvalue weighted by Crippen LogP contribution is 2.34. The van der Waals surface area contributed by atoms with Crippen molar-refractivity contribution in [3.8, 4) is 0 Å². The van der Waals surface area contributed by atoms with Crippen LogP contribution < -0.4 is 0 Å². The molecule has 2 aliphatic rings. The lowest BCUT2D eigenvalue weighted by Gasteiger charge is -2.40. The average Bonchev–Trinajstić information content (AvgIpc) is 2.99. The molecule has 5 nitrogen and oxygen atoms in total. The summed E-state index contributed by atoms with van der Waals surface area (Å²) in [5, 5.41) is 0. The number of piperazine rings is 1. The summed E-state index contributed by atoms with van der Waals surface area (Å²) in [5.74, 6) is -0.299. The molecule has 134 valence electrons. The van der Waals surface area contributed by atoms with Crippen molar-refractivity contribution in [1.82, 2.24) is 9.80 Å². The van der Waals surface area contributed by atoms with Crippen LogP contribution in [-0.4, -0.2) is 48.4 Å². The van der Waals surface area contributed by atoms with Crippen LogP contribution in [-0.2, 0) is 9.53 Å². The van der Waals surface area contributed by atoms with Gasteiger partial charge in [0.1, 0.15) is 6.10 Å². The minimum Gasteiger partial charge on any atom is -0.453 e. The second kappa shape index (κ2) is 6.92.